The molecule has 1 heterocycles. The first-order chi connectivity index (χ1) is 8.56. The van der Waals surface area contributed by atoms with Gasteiger partial charge in [0.2, 0.25) is 5.88 Å². The van der Waals surface area contributed by atoms with Gasteiger partial charge in [-0.1, -0.05) is 30.6 Å². The van der Waals surface area contributed by atoms with E-state index in [2.05, 4.69) is 24.0 Å². The lowest BCUT2D eigenvalue weighted by atomic mass is 10.1. The molecule has 0 aromatic carbocycles. The van der Waals surface area contributed by atoms with E-state index in [0.29, 0.717) is 24.0 Å². The predicted octanol–water partition coefficient (Wildman–Crippen LogP) is 2.64. The van der Waals surface area contributed by atoms with Crippen LogP contribution in [0.1, 0.15) is 32.3 Å². The van der Waals surface area contributed by atoms with Crippen LogP contribution < -0.4 is 10.5 Å². The fraction of sp³-hybridized carbons (Fsp3) is 0.500. The van der Waals surface area contributed by atoms with E-state index >= 15 is 0 Å². The minimum Gasteiger partial charge on any atom is -0.477 e. The Morgan fingerprint density at radius 3 is 2.94 bits per heavy atom. The molecular weight excluding hydrogens is 254 g/mol. The van der Waals surface area contributed by atoms with E-state index in [1.807, 2.05) is 0 Å². The molecule has 0 unspecified atom stereocenters. The monoisotopic (exact) mass is 271 g/mol. The van der Waals surface area contributed by atoms with E-state index in [0.717, 1.165) is 12.8 Å². The fourth-order valence-corrected chi connectivity index (χ4v) is 1.70. The number of hydrogen-bond donors (Lipinski definition) is 2. The zero-order valence-electron chi connectivity index (χ0n) is 10.6. The van der Waals surface area contributed by atoms with E-state index in [-0.39, 0.29) is 10.9 Å². The van der Waals surface area contributed by atoms with Gasteiger partial charge in [-0.3, -0.25) is 0 Å². The quantitative estimate of drug-likeness (QED) is 0.274. The third-order valence-corrected chi connectivity index (χ3v) is 2.77. The van der Waals surface area contributed by atoms with Crippen molar-refractivity contribution in [2.45, 2.75) is 26.7 Å². The second-order valence-electron chi connectivity index (χ2n) is 4.35. The average Bonchev–Trinajstić information content (AvgIpc) is 2.35. The normalized spacial score (nSPS) is 11.9. The van der Waals surface area contributed by atoms with Gasteiger partial charge in [-0.05, 0) is 24.8 Å². The third kappa shape index (κ3) is 4.07. The summed E-state index contributed by atoms with van der Waals surface area (Å²) < 4.78 is 5.49. The predicted molar refractivity (Wildman–Crippen MR) is 71.3 cm³/mol. The van der Waals surface area contributed by atoms with Crippen molar-refractivity contribution in [2.75, 3.05) is 6.61 Å². The molecule has 0 atom stereocenters. The van der Waals surface area contributed by atoms with E-state index in [1.54, 1.807) is 6.07 Å². The minimum absolute atomic E-state index is 0.0607. The number of ether oxygens (including phenoxy) is 1. The van der Waals surface area contributed by atoms with Gasteiger partial charge in [0.15, 0.2) is 5.84 Å². The van der Waals surface area contributed by atoms with E-state index in [9.17, 15) is 0 Å². The van der Waals surface area contributed by atoms with E-state index in [1.165, 1.54) is 6.20 Å². The number of rotatable bonds is 6. The van der Waals surface area contributed by atoms with Gasteiger partial charge in [-0.2, -0.15) is 0 Å². The van der Waals surface area contributed by atoms with Crippen molar-refractivity contribution in [3.8, 4) is 5.88 Å². The Kier molecular flexibility index (Phi) is 5.71. The molecule has 5 nitrogen and oxygen atoms in total. The summed E-state index contributed by atoms with van der Waals surface area (Å²) in [6.07, 6.45) is 3.53. The maximum Gasteiger partial charge on any atom is 0.233 e. The molecule has 0 amide bonds. The van der Waals surface area contributed by atoms with Gasteiger partial charge in [-0.25, -0.2) is 4.98 Å². The molecule has 100 valence electrons. The van der Waals surface area contributed by atoms with Crippen LogP contribution in [0.5, 0.6) is 5.88 Å². The maximum absolute atomic E-state index is 8.62. The molecule has 18 heavy (non-hydrogen) atoms. The number of halogens is 1. The van der Waals surface area contributed by atoms with Crippen LogP contribution in [-0.4, -0.2) is 22.6 Å². The van der Waals surface area contributed by atoms with Crippen molar-refractivity contribution < 1.29 is 9.94 Å². The lowest BCUT2D eigenvalue weighted by Gasteiger charge is -2.10. The Morgan fingerprint density at radius 2 is 2.33 bits per heavy atom. The Balaban J connectivity index is 2.67. The Morgan fingerprint density at radius 1 is 1.61 bits per heavy atom. The Hall–Kier alpha value is -1.49. The lowest BCUT2D eigenvalue weighted by Crippen LogP contribution is -2.14. The minimum atomic E-state index is -0.0607. The third-order valence-electron chi connectivity index (χ3n) is 2.41. The molecule has 0 spiro atoms. The van der Waals surface area contributed by atoms with Gasteiger partial charge >= 0.3 is 0 Å². The van der Waals surface area contributed by atoms with Gasteiger partial charge in [0.25, 0.3) is 0 Å². The van der Waals surface area contributed by atoms with Crippen molar-refractivity contribution in [1.82, 2.24) is 4.98 Å². The first-order valence-electron chi connectivity index (χ1n) is 5.81. The molecule has 0 aliphatic heterocycles. The van der Waals surface area contributed by atoms with Crippen LogP contribution in [0.25, 0.3) is 0 Å². The summed E-state index contributed by atoms with van der Waals surface area (Å²) in [4.78, 5) is 4.03. The van der Waals surface area contributed by atoms with Crippen LogP contribution in [0.15, 0.2) is 17.4 Å². The van der Waals surface area contributed by atoms with E-state index in [4.69, 9.17) is 27.3 Å². The highest BCUT2D eigenvalue weighted by Gasteiger charge is 2.12. The van der Waals surface area contributed by atoms with Gasteiger partial charge in [0, 0.05) is 11.8 Å². The molecule has 0 bridgehead atoms. The highest BCUT2D eigenvalue weighted by molar-refractivity contribution is 6.35. The number of pyridine rings is 1. The topological polar surface area (TPSA) is 80.7 Å². The second kappa shape index (κ2) is 7.06. The largest absolute Gasteiger partial charge is 0.477 e. The number of nitrogens with zero attached hydrogens (tertiary/aromatic N) is 2. The zero-order chi connectivity index (χ0) is 13.5. The van der Waals surface area contributed by atoms with Crippen LogP contribution >= 0.6 is 11.6 Å². The van der Waals surface area contributed by atoms with Crippen LogP contribution in [0, 0.1) is 5.92 Å². The second-order valence-corrected chi connectivity index (χ2v) is 4.73. The van der Waals surface area contributed by atoms with Gasteiger partial charge in [0.1, 0.15) is 5.02 Å². The summed E-state index contributed by atoms with van der Waals surface area (Å²) in [6.45, 7) is 4.86. The molecule has 3 N–H and O–H groups in total. The number of nitrogens with two attached hydrogens (primary N) is 1. The molecule has 1 rings (SSSR count). The summed E-state index contributed by atoms with van der Waals surface area (Å²) in [7, 11) is 0. The molecule has 6 heteroatoms. The van der Waals surface area contributed by atoms with Crippen LogP contribution in [0.3, 0.4) is 0 Å². The smallest absolute Gasteiger partial charge is 0.233 e. The Bertz CT molecular complexity index is 422. The highest BCUT2D eigenvalue weighted by atomic mass is 35.5. The van der Waals surface area contributed by atoms with Crippen molar-refractivity contribution >= 4 is 17.4 Å². The van der Waals surface area contributed by atoms with Gasteiger partial charge < -0.3 is 15.7 Å². The fourth-order valence-electron chi connectivity index (χ4n) is 1.44. The molecule has 1 aromatic rings. The summed E-state index contributed by atoms with van der Waals surface area (Å²) in [6, 6.07) is 1.57. The summed E-state index contributed by atoms with van der Waals surface area (Å²) in [5.41, 5.74) is 5.90. The number of oxime groups is 1. The molecule has 0 saturated heterocycles. The first-order valence-corrected chi connectivity index (χ1v) is 6.19. The van der Waals surface area contributed by atoms with Crippen molar-refractivity contribution in [3.63, 3.8) is 0 Å². The lowest BCUT2D eigenvalue weighted by molar-refractivity contribution is 0.287. The van der Waals surface area contributed by atoms with Gasteiger partial charge in [-0.15, -0.1) is 0 Å². The number of hydrogen-bond acceptors (Lipinski definition) is 4. The van der Waals surface area contributed by atoms with Crippen LogP contribution in [-0.2, 0) is 0 Å². The molecule has 1 aromatic heterocycles. The summed E-state index contributed by atoms with van der Waals surface area (Å²) in [5, 5.41) is 11.8. The average molecular weight is 272 g/mol. The SMILES string of the molecule is CC(C)CCCOc1nccc(/C(N)=N/O)c1Cl. The van der Waals surface area contributed by atoms with Crippen molar-refractivity contribution in [1.29, 1.82) is 0 Å². The molecule has 0 radical (unpaired) electrons. The molecule has 0 aliphatic rings. The van der Waals surface area contributed by atoms with Crippen molar-refractivity contribution in [2.24, 2.45) is 16.8 Å². The summed E-state index contributed by atoms with van der Waals surface area (Å²) in [5.74, 6) is 0.888. The first kappa shape index (κ1) is 14.6. The molecule has 0 aliphatic carbocycles. The van der Waals surface area contributed by atoms with Crippen molar-refractivity contribution in [3.05, 3.63) is 22.8 Å². The van der Waals surface area contributed by atoms with E-state index < -0.39 is 0 Å². The molecular formula is C12H18ClN3O2. The van der Waals surface area contributed by atoms with Crippen LogP contribution in [0.2, 0.25) is 5.02 Å². The highest BCUT2D eigenvalue weighted by Crippen LogP contribution is 2.25. The Labute approximate surface area is 112 Å². The standard InChI is InChI=1S/C12H18ClN3O2/c1-8(2)4-3-7-18-12-10(13)9(5-6-15-12)11(14)16-17/h5-6,8,17H,3-4,7H2,1-2H3,(H2,14,16). The molecule has 0 fully saturated rings. The maximum atomic E-state index is 8.62. The van der Waals surface area contributed by atoms with Crippen LogP contribution in [0.4, 0.5) is 0 Å². The van der Waals surface area contributed by atoms with Gasteiger partial charge in [0.05, 0.1) is 6.61 Å². The zero-order valence-corrected chi connectivity index (χ0v) is 11.3. The number of amidine groups is 1. The molecule has 0 saturated carbocycles. The summed E-state index contributed by atoms with van der Waals surface area (Å²) >= 11 is 6.06. The number of aromatic nitrogens is 1.